The highest BCUT2D eigenvalue weighted by Crippen LogP contribution is 1.73. The number of nitrogens with zero attached hydrogens (tertiary/aromatic N) is 1. The summed E-state index contributed by atoms with van der Waals surface area (Å²) < 4.78 is 0. The molecule has 0 radical (unpaired) electrons. The van der Waals surface area contributed by atoms with Gasteiger partial charge in [0.1, 0.15) is 0 Å². The monoisotopic (exact) mass is 82.1 g/mol. The maximum absolute atomic E-state index is 7.85. The van der Waals surface area contributed by atoms with E-state index >= 15 is 0 Å². The number of nitrogens with one attached hydrogen (secondary N) is 1. The Hall–Kier alpha value is -0.840. The summed E-state index contributed by atoms with van der Waals surface area (Å²) in [6.45, 7) is 1.61. The molecule has 0 atom stereocenters. The lowest BCUT2D eigenvalue weighted by molar-refractivity contribution is 1.33. The molecule has 0 bridgehead atoms. The standard InChI is InChI=1S/C4H6N2/c1-4(6)2-3-5/h6H,2H2,1H3. The first-order valence-electron chi connectivity index (χ1n) is 1.68. The molecule has 6 heavy (non-hydrogen) atoms. The second kappa shape index (κ2) is 2.40. The van der Waals surface area contributed by atoms with E-state index in [0.717, 1.165) is 0 Å². The van der Waals surface area contributed by atoms with Gasteiger partial charge < -0.3 is 5.41 Å². The maximum Gasteiger partial charge on any atom is 0.0725 e. The number of hydrogen-bond donors (Lipinski definition) is 1. The van der Waals surface area contributed by atoms with Gasteiger partial charge in [0.25, 0.3) is 0 Å². The normalized spacial score (nSPS) is 6.67. The van der Waals surface area contributed by atoms with Crippen LogP contribution in [0.4, 0.5) is 0 Å². The highest BCUT2D eigenvalue weighted by Gasteiger charge is 1.77. The fourth-order valence-corrected chi connectivity index (χ4v) is 0.119. The molecule has 0 aliphatic heterocycles. The zero-order valence-corrected chi connectivity index (χ0v) is 3.65. The van der Waals surface area contributed by atoms with Crippen molar-refractivity contribution in [2.24, 2.45) is 0 Å². The van der Waals surface area contributed by atoms with Crippen LogP contribution < -0.4 is 0 Å². The molecule has 2 heteroatoms. The van der Waals surface area contributed by atoms with Gasteiger partial charge in [-0.05, 0) is 6.92 Å². The van der Waals surface area contributed by atoms with E-state index in [2.05, 4.69) is 0 Å². The molecule has 0 spiro atoms. The second-order valence-corrected chi connectivity index (χ2v) is 1.12. The molecule has 1 N–H and O–H groups in total. The Morgan fingerprint density at radius 3 is 2.50 bits per heavy atom. The van der Waals surface area contributed by atoms with Crippen molar-refractivity contribution in [3.63, 3.8) is 0 Å². The van der Waals surface area contributed by atoms with Crippen LogP contribution >= 0.6 is 0 Å². The van der Waals surface area contributed by atoms with Crippen LogP contribution in [0.25, 0.3) is 0 Å². The summed E-state index contributed by atoms with van der Waals surface area (Å²) in [4.78, 5) is 0. The Morgan fingerprint density at radius 1 is 2.00 bits per heavy atom. The van der Waals surface area contributed by atoms with E-state index in [1.165, 1.54) is 0 Å². The van der Waals surface area contributed by atoms with Gasteiger partial charge in [-0.2, -0.15) is 5.26 Å². The molecule has 0 saturated carbocycles. The predicted molar refractivity (Wildman–Crippen MR) is 23.6 cm³/mol. The first kappa shape index (κ1) is 5.16. The number of nitriles is 1. The molecule has 0 amide bonds. The molecule has 0 fully saturated rings. The predicted octanol–water partition coefficient (Wildman–Crippen LogP) is 0.940. The van der Waals surface area contributed by atoms with E-state index in [1.807, 2.05) is 6.07 Å². The number of hydrogen-bond acceptors (Lipinski definition) is 2. The average molecular weight is 82.1 g/mol. The van der Waals surface area contributed by atoms with Crippen LogP contribution in [0.3, 0.4) is 0 Å². The average Bonchev–Trinajstić information content (AvgIpc) is 1.35. The van der Waals surface area contributed by atoms with E-state index in [1.54, 1.807) is 6.92 Å². The van der Waals surface area contributed by atoms with E-state index in [4.69, 9.17) is 10.7 Å². The van der Waals surface area contributed by atoms with Crippen LogP contribution in [0.1, 0.15) is 13.3 Å². The molecular formula is C4H6N2. The zero-order chi connectivity index (χ0) is 4.99. The van der Waals surface area contributed by atoms with Crippen molar-refractivity contribution >= 4 is 5.71 Å². The van der Waals surface area contributed by atoms with Gasteiger partial charge in [-0.15, -0.1) is 0 Å². The fourth-order valence-electron chi connectivity index (χ4n) is 0.119. The van der Waals surface area contributed by atoms with Crippen LogP contribution in [0.5, 0.6) is 0 Å². The summed E-state index contributed by atoms with van der Waals surface area (Å²) in [5.41, 5.74) is 0.428. The molecule has 0 aromatic heterocycles. The van der Waals surface area contributed by atoms with Crippen molar-refractivity contribution in [2.45, 2.75) is 13.3 Å². The van der Waals surface area contributed by atoms with Crippen LogP contribution in [0.2, 0.25) is 0 Å². The Kier molecular flexibility index (Phi) is 2.06. The molecule has 32 valence electrons. The first-order chi connectivity index (χ1) is 2.77. The van der Waals surface area contributed by atoms with Crippen molar-refractivity contribution in [3.05, 3.63) is 0 Å². The molecule has 0 aromatic rings. The third-order valence-electron chi connectivity index (χ3n) is 0.344. The molecule has 0 aromatic carbocycles. The Balaban J connectivity index is 3.13. The lowest BCUT2D eigenvalue weighted by atomic mass is 10.3. The topological polar surface area (TPSA) is 47.6 Å². The van der Waals surface area contributed by atoms with Gasteiger partial charge in [-0.1, -0.05) is 0 Å². The van der Waals surface area contributed by atoms with Crippen molar-refractivity contribution < 1.29 is 0 Å². The van der Waals surface area contributed by atoms with Crippen molar-refractivity contribution in [2.75, 3.05) is 0 Å². The first-order valence-corrected chi connectivity index (χ1v) is 1.68. The molecule has 0 heterocycles. The van der Waals surface area contributed by atoms with Crippen LogP contribution in [-0.2, 0) is 0 Å². The zero-order valence-electron chi connectivity index (χ0n) is 3.65. The third kappa shape index (κ3) is 3.16. The minimum atomic E-state index is 0.264. The SMILES string of the molecule is CC(=N)CC#N. The number of rotatable bonds is 1. The van der Waals surface area contributed by atoms with Crippen LogP contribution in [0.15, 0.2) is 0 Å². The second-order valence-electron chi connectivity index (χ2n) is 1.12. The summed E-state index contributed by atoms with van der Waals surface area (Å²) in [6.07, 6.45) is 0.264. The Morgan fingerprint density at radius 2 is 2.50 bits per heavy atom. The van der Waals surface area contributed by atoms with E-state index < -0.39 is 0 Å². The van der Waals surface area contributed by atoms with Crippen LogP contribution in [-0.4, -0.2) is 5.71 Å². The van der Waals surface area contributed by atoms with Gasteiger partial charge in [-0.3, -0.25) is 0 Å². The van der Waals surface area contributed by atoms with Crippen molar-refractivity contribution in [3.8, 4) is 6.07 Å². The summed E-state index contributed by atoms with van der Waals surface area (Å²) in [6, 6.07) is 1.84. The Labute approximate surface area is 36.9 Å². The minimum Gasteiger partial charge on any atom is -0.309 e. The smallest absolute Gasteiger partial charge is 0.0725 e. The molecule has 2 nitrogen and oxygen atoms in total. The molecule has 0 unspecified atom stereocenters. The lowest BCUT2D eigenvalue weighted by Crippen LogP contribution is -1.80. The quantitative estimate of drug-likeness (QED) is 0.470. The lowest BCUT2D eigenvalue weighted by Gasteiger charge is -1.75. The molecule has 0 rings (SSSR count). The maximum atomic E-state index is 7.85. The summed E-state index contributed by atoms with van der Waals surface area (Å²) in [7, 11) is 0. The molecular weight excluding hydrogens is 76.1 g/mol. The Bertz CT molecular complexity index is 88.2. The van der Waals surface area contributed by atoms with Gasteiger partial charge in [0.15, 0.2) is 0 Å². The van der Waals surface area contributed by atoms with E-state index in [0.29, 0.717) is 5.71 Å². The van der Waals surface area contributed by atoms with E-state index in [-0.39, 0.29) is 6.42 Å². The summed E-state index contributed by atoms with van der Waals surface area (Å²) in [5, 5.41) is 14.5. The summed E-state index contributed by atoms with van der Waals surface area (Å²) in [5.74, 6) is 0. The van der Waals surface area contributed by atoms with E-state index in [9.17, 15) is 0 Å². The fraction of sp³-hybridized carbons (Fsp3) is 0.500. The van der Waals surface area contributed by atoms with Gasteiger partial charge >= 0.3 is 0 Å². The van der Waals surface area contributed by atoms with Gasteiger partial charge in [-0.25, -0.2) is 0 Å². The molecule has 0 aliphatic carbocycles. The van der Waals surface area contributed by atoms with Gasteiger partial charge in [0.2, 0.25) is 0 Å². The third-order valence-corrected chi connectivity index (χ3v) is 0.344. The van der Waals surface area contributed by atoms with Gasteiger partial charge in [0, 0.05) is 5.71 Å². The largest absolute Gasteiger partial charge is 0.309 e. The van der Waals surface area contributed by atoms with Crippen LogP contribution in [0, 0.1) is 16.7 Å². The highest BCUT2D eigenvalue weighted by molar-refractivity contribution is 5.80. The molecule has 0 aliphatic rings. The van der Waals surface area contributed by atoms with Crippen molar-refractivity contribution in [1.29, 1.82) is 10.7 Å². The molecule has 0 saturated heterocycles. The highest BCUT2D eigenvalue weighted by atomic mass is 14.4. The van der Waals surface area contributed by atoms with Crippen molar-refractivity contribution in [1.82, 2.24) is 0 Å². The minimum absolute atomic E-state index is 0.264. The summed E-state index contributed by atoms with van der Waals surface area (Å²) >= 11 is 0. The van der Waals surface area contributed by atoms with Gasteiger partial charge in [0.05, 0.1) is 12.5 Å².